The molecule has 2 aromatic rings. The van der Waals surface area contributed by atoms with Crippen LogP contribution in [0, 0.1) is 6.92 Å². The molecule has 0 saturated carbocycles. The molecule has 0 saturated heterocycles. The van der Waals surface area contributed by atoms with Crippen molar-refractivity contribution in [3.8, 4) is 11.1 Å². The average Bonchev–Trinajstić information content (AvgIpc) is 2.55. The lowest BCUT2D eigenvalue weighted by Crippen LogP contribution is -2.42. The number of nitrogens with two attached hydrogens (primary N) is 1. The van der Waals surface area contributed by atoms with Gasteiger partial charge in [0.15, 0.2) is 0 Å². The van der Waals surface area contributed by atoms with Gasteiger partial charge in [0, 0.05) is 18.3 Å². The van der Waals surface area contributed by atoms with Crippen LogP contribution in [0.2, 0.25) is 0 Å². The summed E-state index contributed by atoms with van der Waals surface area (Å²) in [5.74, 6) is 0. The van der Waals surface area contributed by atoms with E-state index in [1.165, 1.54) is 6.42 Å². The molecule has 0 aliphatic rings. The second kappa shape index (κ2) is 9.07. The van der Waals surface area contributed by atoms with Gasteiger partial charge < -0.3 is 10.3 Å². The number of nitrogens with zero attached hydrogens (tertiary/aromatic N) is 1. The van der Waals surface area contributed by atoms with Crippen molar-refractivity contribution in [1.29, 1.82) is 0 Å². The van der Waals surface area contributed by atoms with Gasteiger partial charge in [-0.05, 0) is 61.4 Å². The van der Waals surface area contributed by atoms with E-state index in [1.54, 1.807) is 11.6 Å². The number of anilines is 1. The molecule has 0 aliphatic carbocycles. The van der Waals surface area contributed by atoms with Crippen molar-refractivity contribution >= 4 is 17.8 Å². The van der Waals surface area contributed by atoms with Gasteiger partial charge in [0.2, 0.25) is 0 Å². The maximum Gasteiger partial charge on any atom is 0.258 e. The van der Waals surface area contributed by atoms with Crippen LogP contribution in [-0.2, 0) is 7.05 Å². The van der Waals surface area contributed by atoms with Crippen molar-refractivity contribution in [2.45, 2.75) is 41.0 Å². The van der Waals surface area contributed by atoms with E-state index < -0.39 is 0 Å². The van der Waals surface area contributed by atoms with Gasteiger partial charge in [0.05, 0.1) is 5.35 Å². The van der Waals surface area contributed by atoms with Crippen molar-refractivity contribution in [2.24, 2.45) is 7.05 Å². The minimum Gasteiger partial charge on any atom is -0.399 e. The first-order valence-electron chi connectivity index (χ1n) is 8.66. The van der Waals surface area contributed by atoms with Gasteiger partial charge in [-0.1, -0.05) is 44.6 Å². The van der Waals surface area contributed by atoms with Gasteiger partial charge in [-0.25, -0.2) is 0 Å². The third-order valence-electron chi connectivity index (χ3n) is 3.74. The summed E-state index contributed by atoms with van der Waals surface area (Å²) < 4.78 is 1.67. The van der Waals surface area contributed by atoms with Gasteiger partial charge in [0.25, 0.3) is 5.56 Å². The molecule has 3 heteroatoms. The largest absolute Gasteiger partial charge is 0.399 e. The van der Waals surface area contributed by atoms with Gasteiger partial charge >= 0.3 is 0 Å². The number of rotatable bonds is 2. The highest BCUT2D eigenvalue weighted by atomic mass is 16.1. The topological polar surface area (TPSA) is 48.0 Å². The van der Waals surface area contributed by atoms with Gasteiger partial charge in [-0.2, -0.15) is 0 Å². The molecule has 0 radical (unpaired) electrons. The molecule has 0 aliphatic heterocycles. The number of aromatic nitrogens is 1. The van der Waals surface area contributed by atoms with E-state index in [1.807, 2.05) is 57.2 Å². The van der Waals surface area contributed by atoms with E-state index in [0.717, 1.165) is 27.3 Å². The highest BCUT2D eigenvalue weighted by Gasteiger charge is 2.09. The van der Waals surface area contributed by atoms with E-state index in [9.17, 15) is 4.79 Å². The predicted molar refractivity (Wildman–Crippen MR) is 111 cm³/mol. The van der Waals surface area contributed by atoms with Crippen LogP contribution < -0.4 is 21.9 Å². The Kier molecular flexibility index (Phi) is 7.43. The predicted octanol–water partition coefficient (Wildman–Crippen LogP) is 3.52. The lowest BCUT2D eigenvalue weighted by molar-refractivity contribution is 0.820. The maximum atomic E-state index is 12.8. The first kappa shape index (κ1) is 20.5. The monoisotopic (exact) mass is 338 g/mol. The van der Waals surface area contributed by atoms with E-state index in [-0.39, 0.29) is 5.56 Å². The van der Waals surface area contributed by atoms with Crippen molar-refractivity contribution < 1.29 is 0 Å². The molecule has 0 bridgehead atoms. The quantitative estimate of drug-likeness (QED) is 0.852. The molecule has 134 valence electrons. The Morgan fingerprint density at radius 1 is 1.24 bits per heavy atom. The van der Waals surface area contributed by atoms with Crippen LogP contribution in [0.4, 0.5) is 5.69 Å². The van der Waals surface area contributed by atoms with Crippen molar-refractivity contribution in [1.82, 2.24) is 4.57 Å². The van der Waals surface area contributed by atoms with Crippen LogP contribution in [0.25, 0.3) is 23.3 Å². The van der Waals surface area contributed by atoms with Crippen LogP contribution in [0.3, 0.4) is 0 Å². The van der Waals surface area contributed by atoms with Crippen molar-refractivity contribution in [2.75, 3.05) is 5.73 Å². The van der Waals surface area contributed by atoms with Gasteiger partial charge in [-0.3, -0.25) is 4.79 Å². The third kappa shape index (κ3) is 4.96. The molecule has 0 unspecified atom stereocenters. The first-order valence-corrected chi connectivity index (χ1v) is 8.66. The number of aryl methyl sites for hydroxylation is 1. The Balaban J connectivity index is 0.000000970. The summed E-state index contributed by atoms with van der Waals surface area (Å²) in [6, 6.07) is 7.57. The zero-order valence-electron chi connectivity index (χ0n) is 16.3. The van der Waals surface area contributed by atoms with Crippen LogP contribution in [0.5, 0.6) is 0 Å². The number of nitrogen functional groups attached to an aromatic ring is 1. The first-order chi connectivity index (χ1) is 11.8. The zero-order chi connectivity index (χ0) is 19.1. The Hall–Kier alpha value is -2.55. The lowest BCUT2D eigenvalue weighted by atomic mass is 10.00. The van der Waals surface area contributed by atoms with Crippen LogP contribution >= 0.6 is 0 Å². The fraction of sp³-hybridized carbons (Fsp3) is 0.318. The van der Waals surface area contributed by atoms with E-state index >= 15 is 0 Å². The molecule has 1 aromatic heterocycles. The molecule has 0 fully saturated rings. The third-order valence-corrected chi connectivity index (χ3v) is 3.74. The Morgan fingerprint density at radius 2 is 1.84 bits per heavy atom. The molecular formula is C22H30N2O. The highest BCUT2D eigenvalue weighted by Crippen LogP contribution is 2.21. The Labute approximate surface area is 150 Å². The standard InChI is InChI=1S/C19H22N2O.C3H8/c1-6-14-10-17(16-11-15(20)8-7-13(16)4)19(22)21(5)18(14)9-12(2)3;1-3-2/h6-11H,2,20H2,1,3-5H3;3H2,1-2H3/b14-6-,18-9+;. The normalized spacial score (nSPS) is 11.9. The molecular weight excluding hydrogens is 308 g/mol. The van der Waals surface area contributed by atoms with Gasteiger partial charge in [0.1, 0.15) is 0 Å². The van der Waals surface area contributed by atoms with Crippen LogP contribution in [-0.4, -0.2) is 4.57 Å². The maximum absolute atomic E-state index is 12.8. The van der Waals surface area contributed by atoms with Crippen molar-refractivity contribution in [3.05, 3.63) is 62.9 Å². The molecule has 0 spiro atoms. The molecule has 2 N–H and O–H groups in total. The van der Waals surface area contributed by atoms with Crippen LogP contribution in [0.15, 0.2) is 41.2 Å². The summed E-state index contributed by atoms with van der Waals surface area (Å²) in [5.41, 5.74) is 9.99. The van der Waals surface area contributed by atoms with Crippen molar-refractivity contribution in [3.63, 3.8) is 0 Å². The fourth-order valence-electron chi connectivity index (χ4n) is 2.54. The Morgan fingerprint density at radius 3 is 2.36 bits per heavy atom. The second-order valence-electron chi connectivity index (χ2n) is 6.32. The summed E-state index contributed by atoms with van der Waals surface area (Å²) in [6.07, 6.45) is 5.17. The smallest absolute Gasteiger partial charge is 0.258 e. The van der Waals surface area contributed by atoms with E-state index in [4.69, 9.17) is 5.73 Å². The molecule has 0 amide bonds. The number of allylic oxidation sites excluding steroid dienone is 1. The fourth-order valence-corrected chi connectivity index (χ4v) is 2.54. The molecule has 2 rings (SSSR count). The van der Waals surface area contributed by atoms with Crippen LogP contribution in [0.1, 0.15) is 39.7 Å². The number of hydrogen-bond acceptors (Lipinski definition) is 2. The van der Waals surface area contributed by atoms with Gasteiger partial charge in [-0.15, -0.1) is 0 Å². The number of pyridine rings is 1. The summed E-state index contributed by atoms with van der Waals surface area (Å²) in [4.78, 5) is 12.8. The molecule has 3 nitrogen and oxygen atoms in total. The number of benzene rings is 1. The Bertz CT molecular complexity index is 934. The average molecular weight is 338 g/mol. The molecule has 1 heterocycles. The van der Waals surface area contributed by atoms with E-state index in [2.05, 4.69) is 20.4 Å². The zero-order valence-corrected chi connectivity index (χ0v) is 16.3. The molecule has 25 heavy (non-hydrogen) atoms. The molecule has 0 atom stereocenters. The highest BCUT2D eigenvalue weighted by molar-refractivity contribution is 5.70. The summed E-state index contributed by atoms with van der Waals surface area (Å²) in [5, 5.41) is 1.87. The summed E-state index contributed by atoms with van der Waals surface area (Å²) in [7, 11) is 1.79. The number of hydrogen-bond donors (Lipinski definition) is 1. The van der Waals surface area contributed by atoms with E-state index in [0.29, 0.717) is 11.3 Å². The summed E-state index contributed by atoms with van der Waals surface area (Å²) >= 11 is 0. The SMILES string of the molecule is C=C(C)/C=c1\c(=C/C)cc(-c2cc(N)ccc2C)c(=O)n1C.CCC. The minimum atomic E-state index is -0.0354. The second-order valence-corrected chi connectivity index (χ2v) is 6.32. The minimum absolute atomic E-state index is 0.0354. The summed E-state index contributed by atoms with van der Waals surface area (Å²) in [6.45, 7) is 14.0. The lowest BCUT2D eigenvalue weighted by Gasteiger charge is -2.10. The molecule has 1 aromatic carbocycles.